The van der Waals surface area contributed by atoms with Gasteiger partial charge in [-0.15, -0.1) is 6.58 Å². The molecular formula is C24H30N4O4S. The number of benzene rings is 2. The summed E-state index contributed by atoms with van der Waals surface area (Å²) in [6, 6.07) is 15.6. The van der Waals surface area contributed by atoms with Crippen molar-refractivity contribution in [3.8, 4) is 0 Å². The smallest absolute Gasteiger partial charge is 0.239 e. The van der Waals surface area contributed by atoms with E-state index in [9.17, 15) is 18.0 Å². The molecule has 1 saturated heterocycles. The van der Waals surface area contributed by atoms with E-state index >= 15 is 0 Å². The van der Waals surface area contributed by atoms with Gasteiger partial charge in [0.2, 0.25) is 5.91 Å². The Balaban J connectivity index is 2.00. The first-order chi connectivity index (χ1) is 15.8. The molecule has 5 N–H and O–H groups in total. The lowest BCUT2D eigenvalue weighted by atomic mass is 9.96. The van der Waals surface area contributed by atoms with Crippen LogP contribution in [-0.4, -0.2) is 43.5 Å². The number of amides is 1. The Bertz CT molecular complexity index is 1090. The fraction of sp³-hybridized carbons (Fsp3) is 0.333. The van der Waals surface area contributed by atoms with Gasteiger partial charge in [0.1, 0.15) is 10.6 Å². The highest BCUT2D eigenvalue weighted by Gasteiger charge is 2.47. The molecule has 8 nitrogen and oxygen atoms in total. The number of hydrazine groups is 1. The Labute approximate surface area is 194 Å². The lowest BCUT2D eigenvalue weighted by Gasteiger charge is -2.40. The quantitative estimate of drug-likeness (QED) is 0.167. The standard InChI is InChI=1S/C24H30N4O4S/c1-2-22(19-12-10-17(15-25)11-13-19)33(31,32)24-20(23(30)27-26)9-6-14-28(24)16-21(29)18-7-4-3-5-8-18/h2-5,7-8,10-13,20,22,24H,1,6,9,14-16,25-26H2,(H,27,30). The molecule has 0 aliphatic carbocycles. The van der Waals surface area contributed by atoms with E-state index in [1.54, 1.807) is 59.5 Å². The van der Waals surface area contributed by atoms with Gasteiger partial charge in [0.05, 0.1) is 12.5 Å². The van der Waals surface area contributed by atoms with Crippen LogP contribution in [0.1, 0.15) is 39.6 Å². The van der Waals surface area contributed by atoms with Crippen molar-refractivity contribution in [3.05, 3.63) is 83.9 Å². The number of Topliss-reactive ketones (excluding diaryl/α,β-unsaturated/α-hetero) is 1. The number of hydrogen-bond acceptors (Lipinski definition) is 7. The zero-order valence-electron chi connectivity index (χ0n) is 18.4. The molecule has 1 aliphatic heterocycles. The number of hydrogen-bond donors (Lipinski definition) is 3. The Kier molecular flexibility index (Phi) is 8.15. The molecule has 33 heavy (non-hydrogen) atoms. The number of sulfone groups is 1. The largest absolute Gasteiger partial charge is 0.326 e. The summed E-state index contributed by atoms with van der Waals surface area (Å²) in [6.07, 6.45) is 2.27. The van der Waals surface area contributed by atoms with Gasteiger partial charge in [0, 0.05) is 12.1 Å². The summed E-state index contributed by atoms with van der Waals surface area (Å²) >= 11 is 0. The van der Waals surface area contributed by atoms with Gasteiger partial charge in [-0.05, 0) is 30.5 Å². The lowest BCUT2D eigenvalue weighted by Crippen LogP contribution is -2.57. The fourth-order valence-electron chi connectivity index (χ4n) is 4.37. The molecule has 0 spiro atoms. The van der Waals surface area contributed by atoms with Crippen LogP contribution in [0.5, 0.6) is 0 Å². The van der Waals surface area contributed by atoms with Gasteiger partial charge >= 0.3 is 0 Å². The molecule has 3 rings (SSSR count). The molecule has 0 radical (unpaired) electrons. The topological polar surface area (TPSA) is 136 Å². The van der Waals surface area contributed by atoms with Gasteiger partial charge < -0.3 is 5.73 Å². The van der Waals surface area contributed by atoms with Gasteiger partial charge in [0.25, 0.3) is 0 Å². The Morgan fingerprint density at radius 2 is 1.82 bits per heavy atom. The summed E-state index contributed by atoms with van der Waals surface area (Å²) in [7, 11) is -4.02. The van der Waals surface area contributed by atoms with E-state index in [0.717, 1.165) is 5.56 Å². The van der Waals surface area contributed by atoms with Gasteiger partial charge in [0.15, 0.2) is 15.6 Å². The van der Waals surface area contributed by atoms with Crippen LogP contribution in [0.15, 0.2) is 67.3 Å². The average molecular weight is 471 g/mol. The molecule has 2 aromatic carbocycles. The van der Waals surface area contributed by atoms with Crippen molar-refractivity contribution in [2.24, 2.45) is 17.5 Å². The van der Waals surface area contributed by atoms with Crippen molar-refractivity contribution in [2.45, 2.75) is 30.0 Å². The molecule has 3 unspecified atom stereocenters. The molecule has 1 heterocycles. The zero-order valence-corrected chi connectivity index (χ0v) is 19.2. The number of rotatable bonds is 9. The highest BCUT2D eigenvalue weighted by atomic mass is 32.2. The molecule has 9 heteroatoms. The summed E-state index contributed by atoms with van der Waals surface area (Å²) in [4.78, 5) is 27.1. The second-order valence-electron chi connectivity index (χ2n) is 8.10. The average Bonchev–Trinajstić information content (AvgIpc) is 2.84. The van der Waals surface area contributed by atoms with E-state index < -0.39 is 32.3 Å². The normalized spacial score (nSPS) is 20.1. The number of piperidine rings is 1. The number of carbonyl (C=O) groups is 2. The number of carbonyl (C=O) groups excluding carboxylic acids is 2. The molecule has 0 saturated carbocycles. The minimum Gasteiger partial charge on any atom is -0.326 e. The van der Waals surface area contributed by atoms with E-state index in [-0.39, 0.29) is 12.3 Å². The molecule has 1 amide bonds. The molecule has 176 valence electrons. The minimum absolute atomic E-state index is 0.127. The molecule has 0 aromatic heterocycles. The second-order valence-corrected chi connectivity index (χ2v) is 10.3. The van der Waals surface area contributed by atoms with Crippen molar-refractivity contribution < 1.29 is 18.0 Å². The van der Waals surface area contributed by atoms with Crippen LogP contribution in [0.4, 0.5) is 0 Å². The molecule has 1 fully saturated rings. The summed E-state index contributed by atoms with van der Waals surface area (Å²) in [5.41, 5.74) is 9.63. The number of nitrogens with two attached hydrogens (primary N) is 2. The van der Waals surface area contributed by atoms with Crippen LogP contribution in [-0.2, 0) is 21.2 Å². The maximum Gasteiger partial charge on any atom is 0.239 e. The first kappa shape index (κ1) is 24.8. The number of nitrogens with one attached hydrogen (secondary N) is 1. The minimum atomic E-state index is -4.02. The zero-order chi connectivity index (χ0) is 24.0. The molecule has 0 bridgehead atoms. The summed E-state index contributed by atoms with van der Waals surface area (Å²) in [5, 5.41) is -2.28. The van der Waals surface area contributed by atoms with E-state index in [1.165, 1.54) is 6.08 Å². The second kappa shape index (κ2) is 10.8. The van der Waals surface area contributed by atoms with Crippen molar-refractivity contribution in [3.63, 3.8) is 0 Å². The summed E-state index contributed by atoms with van der Waals surface area (Å²) in [6.45, 7) is 4.33. The Morgan fingerprint density at radius 1 is 1.15 bits per heavy atom. The van der Waals surface area contributed by atoms with E-state index in [0.29, 0.717) is 37.1 Å². The molecular weight excluding hydrogens is 440 g/mol. The maximum absolute atomic E-state index is 14.0. The molecule has 3 atom stereocenters. The fourth-order valence-corrected chi connectivity index (χ4v) is 6.78. The first-order valence-electron chi connectivity index (χ1n) is 10.8. The summed E-state index contributed by atoms with van der Waals surface area (Å²) in [5.74, 6) is 3.69. The van der Waals surface area contributed by atoms with Crippen molar-refractivity contribution in [1.29, 1.82) is 0 Å². The first-order valence-corrected chi connectivity index (χ1v) is 12.4. The van der Waals surface area contributed by atoms with Crippen molar-refractivity contribution >= 4 is 21.5 Å². The Hall–Kier alpha value is -2.85. The number of nitrogens with zero attached hydrogens (tertiary/aromatic N) is 1. The monoisotopic (exact) mass is 470 g/mol. The molecule has 1 aliphatic rings. The Morgan fingerprint density at radius 3 is 2.39 bits per heavy atom. The van der Waals surface area contributed by atoms with Crippen LogP contribution >= 0.6 is 0 Å². The number of ketones is 1. The van der Waals surface area contributed by atoms with Crippen LogP contribution in [0, 0.1) is 5.92 Å². The van der Waals surface area contributed by atoms with Gasteiger partial charge in [-0.3, -0.25) is 19.9 Å². The third-order valence-electron chi connectivity index (χ3n) is 6.03. The predicted molar refractivity (Wildman–Crippen MR) is 127 cm³/mol. The van der Waals surface area contributed by atoms with E-state index in [4.69, 9.17) is 11.6 Å². The van der Waals surface area contributed by atoms with Crippen LogP contribution in [0.2, 0.25) is 0 Å². The van der Waals surface area contributed by atoms with Crippen LogP contribution in [0.25, 0.3) is 0 Å². The van der Waals surface area contributed by atoms with Gasteiger partial charge in [-0.25, -0.2) is 14.3 Å². The number of likely N-dealkylation sites (tertiary alicyclic amines) is 1. The van der Waals surface area contributed by atoms with E-state index in [2.05, 4.69) is 12.0 Å². The van der Waals surface area contributed by atoms with Gasteiger partial charge in [-0.1, -0.05) is 60.7 Å². The third-order valence-corrected chi connectivity index (χ3v) is 8.51. The SMILES string of the molecule is C=CC(c1ccc(CN)cc1)S(=O)(=O)C1C(C(=O)NN)CCCN1CC(=O)c1ccccc1. The molecule has 2 aromatic rings. The maximum atomic E-state index is 14.0. The lowest BCUT2D eigenvalue weighted by molar-refractivity contribution is -0.127. The predicted octanol–water partition coefficient (Wildman–Crippen LogP) is 1.70. The highest BCUT2D eigenvalue weighted by Crippen LogP contribution is 2.36. The van der Waals surface area contributed by atoms with Crippen LogP contribution < -0.4 is 17.0 Å². The van der Waals surface area contributed by atoms with E-state index in [1.807, 2.05) is 0 Å². The third kappa shape index (κ3) is 5.39. The van der Waals surface area contributed by atoms with Crippen molar-refractivity contribution in [1.82, 2.24) is 10.3 Å². The van der Waals surface area contributed by atoms with Gasteiger partial charge in [-0.2, -0.15) is 0 Å². The summed E-state index contributed by atoms with van der Waals surface area (Å²) < 4.78 is 27.9. The van der Waals surface area contributed by atoms with Crippen molar-refractivity contribution in [2.75, 3.05) is 13.1 Å². The van der Waals surface area contributed by atoms with Crippen LogP contribution in [0.3, 0.4) is 0 Å². The highest BCUT2D eigenvalue weighted by molar-refractivity contribution is 7.92.